The summed E-state index contributed by atoms with van der Waals surface area (Å²) >= 11 is 0. The van der Waals surface area contributed by atoms with E-state index in [2.05, 4.69) is 0 Å². The summed E-state index contributed by atoms with van der Waals surface area (Å²) in [5.74, 6) is -6.42. The number of rotatable bonds is 15. The minimum atomic E-state index is -2.04. The second-order valence-electron chi connectivity index (χ2n) is 12.8. The third-order valence-corrected chi connectivity index (χ3v) is 9.10. The first-order valence-corrected chi connectivity index (χ1v) is 17.8. The summed E-state index contributed by atoms with van der Waals surface area (Å²) in [5, 5.41) is 12.7. The summed E-state index contributed by atoms with van der Waals surface area (Å²) in [5.41, 5.74) is 0.166. The molecule has 0 unspecified atom stereocenters. The van der Waals surface area contributed by atoms with Crippen LogP contribution in [0.15, 0.2) is 140 Å². The van der Waals surface area contributed by atoms with Crippen molar-refractivity contribution in [3.05, 3.63) is 178 Å². The van der Waals surface area contributed by atoms with Crippen molar-refractivity contribution >= 4 is 41.5 Å². The minimum absolute atomic E-state index is 0.00536. The highest BCUT2D eigenvalue weighted by Crippen LogP contribution is 2.27. The van der Waals surface area contributed by atoms with Gasteiger partial charge < -0.3 is 19.3 Å². The predicted octanol–water partition coefficient (Wildman–Crippen LogP) is 4.48. The normalized spacial score (nSPS) is 15.3. The van der Waals surface area contributed by atoms with Crippen molar-refractivity contribution in [1.82, 2.24) is 10.1 Å². The van der Waals surface area contributed by atoms with E-state index in [0.717, 1.165) is 0 Å². The summed E-state index contributed by atoms with van der Waals surface area (Å²) in [7, 11) is 0. The summed E-state index contributed by atoms with van der Waals surface area (Å²) in [6.07, 6.45) is -7.91. The van der Waals surface area contributed by atoms with E-state index in [9.17, 15) is 38.7 Å². The minimum Gasteiger partial charge on any atom is -0.452 e. The van der Waals surface area contributed by atoms with Crippen molar-refractivity contribution in [2.24, 2.45) is 0 Å². The average molecular weight is 785 g/mol. The Morgan fingerprint density at radius 3 is 1.12 bits per heavy atom. The molecule has 0 radical (unpaired) electrons. The van der Waals surface area contributed by atoms with E-state index in [1.807, 2.05) is 0 Å². The van der Waals surface area contributed by atoms with Gasteiger partial charge in [0, 0.05) is 0 Å². The van der Waals surface area contributed by atoms with Gasteiger partial charge in [0.25, 0.3) is 23.6 Å². The smallest absolute Gasteiger partial charge is 0.338 e. The van der Waals surface area contributed by atoms with E-state index >= 15 is 0 Å². The Bertz CT molecular complexity index is 2300. The molecule has 0 aliphatic carbocycles. The van der Waals surface area contributed by atoms with Crippen LogP contribution in [-0.4, -0.2) is 94.4 Å². The first-order valence-electron chi connectivity index (χ1n) is 17.8. The predicted molar refractivity (Wildman–Crippen MR) is 199 cm³/mol. The Labute approximate surface area is 329 Å². The van der Waals surface area contributed by atoms with Crippen LogP contribution in [0, 0.1) is 0 Å². The highest BCUT2D eigenvalue weighted by atomic mass is 16.7. The quantitative estimate of drug-likeness (QED) is 0.0889. The third-order valence-electron chi connectivity index (χ3n) is 9.10. The summed E-state index contributed by atoms with van der Waals surface area (Å²) in [6.45, 7) is -1.81. The fraction of sp³-hybridized carbons (Fsp3) is 0.140. The van der Waals surface area contributed by atoms with E-state index in [4.69, 9.17) is 23.9 Å². The van der Waals surface area contributed by atoms with Crippen molar-refractivity contribution in [2.45, 2.75) is 24.4 Å². The zero-order valence-electron chi connectivity index (χ0n) is 30.2. The maximum absolute atomic E-state index is 13.8. The van der Waals surface area contributed by atoms with Crippen molar-refractivity contribution in [3.8, 4) is 0 Å². The number of hydrogen-bond acceptors (Lipinski definition) is 13. The maximum atomic E-state index is 13.8. The van der Waals surface area contributed by atoms with E-state index in [1.165, 1.54) is 60.7 Å². The number of fused-ring (bicyclic) bond motifs is 2. The summed E-state index contributed by atoms with van der Waals surface area (Å²) in [4.78, 5) is 105. The topological polar surface area (TPSA) is 192 Å². The van der Waals surface area contributed by atoms with Crippen LogP contribution < -0.4 is 0 Å². The third kappa shape index (κ3) is 8.13. The van der Waals surface area contributed by atoms with Gasteiger partial charge in [0.05, 0.1) is 38.9 Å². The molecule has 5 aromatic carbocycles. The van der Waals surface area contributed by atoms with Gasteiger partial charge >= 0.3 is 17.9 Å². The Morgan fingerprint density at radius 1 is 0.431 bits per heavy atom. The number of carbonyl (C=O) groups is 7. The molecule has 4 amide bonds. The number of ether oxygens (including phenoxy) is 3. The fourth-order valence-electron chi connectivity index (χ4n) is 6.19. The number of aliphatic hydroxyl groups excluding tert-OH is 1. The highest BCUT2D eigenvalue weighted by molar-refractivity contribution is 6.21. The first-order chi connectivity index (χ1) is 28.1. The number of nitrogens with zero attached hydrogens (tertiary/aromatic N) is 2. The Kier molecular flexibility index (Phi) is 11.6. The largest absolute Gasteiger partial charge is 0.452 e. The molecule has 5 aromatic rings. The van der Waals surface area contributed by atoms with Crippen molar-refractivity contribution in [3.63, 3.8) is 0 Å². The molecule has 0 aromatic heterocycles. The van der Waals surface area contributed by atoms with Crippen molar-refractivity contribution in [2.75, 3.05) is 13.2 Å². The molecule has 0 spiro atoms. The Morgan fingerprint density at radius 2 is 0.741 bits per heavy atom. The van der Waals surface area contributed by atoms with Gasteiger partial charge in [-0.2, -0.15) is 0 Å². The van der Waals surface area contributed by atoms with Gasteiger partial charge in [0.1, 0.15) is 19.3 Å². The van der Waals surface area contributed by atoms with Crippen LogP contribution in [0.4, 0.5) is 0 Å². The van der Waals surface area contributed by atoms with E-state index in [-0.39, 0.29) is 38.9 Å². The van der Waals surface area contributed by atoms with E-state index in [1.54, 1.807) is 78.9 Å². The SMILES string of the molecule is O=C(O[C@@H]([C@H](OC(=O)c1ccccc1)[C@@H](CON1C(=O)c2ccccc2C1=O)OC(=O)c1ccccc1)[C@H](O)CON1C(=O)c2ccccc2C1=O)c1ccccc1. The van der Waals surface area contributed by atoms with Crippen LogP contribution in [0.3, 0.4) is 0 Å². The molecule has 0 fully saturated rings. The molecule has 2 aliphatic heterocycles. The first kappa shape index (κ1) is 38.9. The van der Waals surface area contributed by atoms with E-state index in [0.29, 0.717) is 10.1 Å². The van der Waals surface area contributed by atoms with Crippen LogP contribution in [0.5, 0.6) is 0 Å². The van der Waals surface area contributed by atoms with Gasteiger partial charge in [-0.15, -0.1) is 10.1 Å². The zero-order chi connectivity index (χ0) is 40.8. The molecule has 15 nitrogen and oxygen atoms in total. The van der Waals surface area contributed by atoms with Gasteiger partial charge in [0.15, 0.2) is 18.3 Å². The number of hydroxylamine groups is 4. The number of imide groups is 2. The lowest BCUT2D eigenvalue weighted by molar-refractivity contribution is -0.180. The van der Waals surface area contributed by atoms with Gasteiger partial charge in [0.2, 0.25) is 0 Å². The van der Waals surface area contributed by atoms with E-state index < -0.39 is 79.2 Å². The number of benzene rings is 5. The zero-order valence-corrected chi connectivity index (χ0v) is 30.2. The lowest BCUT2D eigenvalue weighted by Crippen LogP contribution is -2.54. The van der Waals surface area contributed by atoms with Crippen molar-refractivity contribution < 1.29 is 62.6 Å². The molecule has 4 atom stereocenters. The van der Waals surface area contributed by atoms with Gasteiger partial charge in [-0.1, -0.05) is 78.9 Å². The molecular formula is C43H32N2O13. The molecule has 2 aliphatic rings. The van der Waals surface area contributed by atoms with Crippen LogP contribution in [-0.2, 0) is 23.9 Å². The molecule has 58 heavy (non-hydrogen) atoms. The van der Waals surface area contributed by atoms with Gasteiger partial charge in [-0.3, -0.25) is 28.9 Å². The Hall–Kier alpha value is -7.33. The van der Waals surface area contributed by atoms with Crippen LogP contribution >= 0.6 is 0 Å². The number of carbonyl (C=O) groups excluding carboxylic acids is 7. The molecule has 1 N–H and O–H groups in total. The maximum Gasteiger partial charge on any atom is 0.338 e. The number of hydrogen-bond donors (Lipinski definition) is 1. The lowest BCUT2D eigenvalue weighted by atomic mass is 10.0. The monoisotopic (exact) mass is 784 g/mol. The Balaban J connectivity index is 1.26. The number of amides is 4. The molecule has 0 saturated heterocycles. The van der Waals surface area contributed by atoms with Crippen LogP contribution in [0.2, 0.25) is 0 Å². The van der Waals surface area contributed by atoms with Gasteiger partial charge in [-0.25, -0.2) is 14.4 Å². The summed E-state index contributed by atoms with van der Waals surface area (Å²) in [6, 6.07) is 34.5. The lowest BCUT2D eigenvalue weighted by Gasteiger charge is -2.35. The molecular weight excluding hydrogens is 752 g/mol. The second kappa shape index (κ2) is 17.2. The molecule has 0 saturated carbocycles. The van der Waals surface area contributed by atoms with Crippen molar-refractivity contribution in [1.29, 1.82) is 0 Å². The second-order valence-corrected chi connectivity index (χ2v) is 12.8. The molecule has 7 rings (SSSR count). The highest BCUT2D eigenvalue weighted by Gasteiger charge is 2.46. The molecule has 2 heterocycles. The molecule has 292 valence electrons. The number of esters is 3. The van der Waals surface area contributed by atoms with Crippen LogP contribution in [0.25, 0.3) is 0 Å². The molecule has 15 heteroatoms. The standard InChI is InChI=1S/C43H32N2O13/c46-33(24-54-44-37(47)29-20-10-11-21-30(29)38(44)48)35(57-42(52)27-16-6-2-7-17-27)36(58-43(53)28-18-8-3-9-19-28)34(56-41(51)26-14-4-1-5-15-26)25-55-45-39(49)31-22-12-13-23-32(31)40(45)50/h1-23,33-36,46H,24-25H2/t33-,34-,35-,36-/m1/s1. The summed E-state index contributed by atoms with van der Waals surface area (Å²) < 4.78 is 17.6. The van der Waals surface area contributed by atoms with Crippen LogP contribution in [0.1, 0.15) is 72.5 Å². The fourth-order valence-corrected chi connectivity index (χ4v) is 6.19. The van der Waals surface area contributed by atoms with Gasteiger partial charge in [-0.05, 0) is 60.7 Å². The average Bonchev–Trinajstić information content (AvgIpc) is 3.66. The number of aliphatic hydroxyl groups is 1. The molecule has 0 bridgehead atoms.